The van der Waals surface area contributed by atoms with E-state index >= 15 is 0 Å². The summed E-state index contributed by atoms with van der Waals surface area (Å²) in [4.78, 5) is 17.0. The summed E-state index contributed by atoms with van der Waals surface area (Å²) in [6.45, 7) is 2.63. The topological polar surface area (TPSA) is 68.0 Å². The molecule has 2 unspecified atom stereocenters. The lowest BCUT2D eigenvalue weighted by Crippen LogP contribution is -2.35. The highest BCUT2D eigenvalue weighted by atomic mass is 35.5. The monoisotopic (exact) mass is 369 g/mol. The number of para-hydroxylation sites is 1. The minimum absolute atomic E-state index is 0. The van der Waals surface area contributed by atoms with Gasteiger partial charge in [-0.3, -0.25) is 9.78 Å². The van der Waals surface area contributed by atoms with Gasteiger partial charge in [-0.2, -0.15) is 0 Å². The number of pyridine rings is 1. The van der Waals surface area contributed by atoms with E-state index in [1.54, 1.807) is 0 Å². The van der Waals surface area contributed by atoms with Gasteiger partial charge in [0.15, 0.2) is 0 Å². The Bertz CT molecular complexity index is 693. The van der Waals surface area contributed by atoms with Crippen molar-refractivity contribution in [2.24, 2.45) is 11.7 Å². The predicted molar refractivity (Wildman–Crippen MR) is 103 cm³/mol. The van der Waals surface area contributed by atoms with Crippen LogP contribution < -0.4 is 11.1 Å². The molecule has 0 bridgehead atoms. The molecule has 1 aromatic carbocycles. The fourth-order valence-corrected chi connectivity index (χ4v) is 3.35. The first-order chi connectivity index (χ1) is 10.6. The molecule has 1 aromatic heterocycles. The lowest BCUT2D eigenvalue weighted by Gasteiger charge is -2.26. The third kappa shape index (κ3) is 4.82. The molecule has 24 heavy (non-hydrogen) atoms. The smallest absolute Gasteiger partial charge is 0.252 e. The first-order valence-electron chi connectivity index (χ1n) is 8.03. The average molecular weight is 370 g/mol. The number of nitrogens with one attached hydrogen (secondary N) is 1. The van der Waals surface area contributed by atoms with Crippen molar-refractivity contribution >= 4 is 41.6 Å². The second-order valence-electron chi connectivity index (χ2n) is 6.33. The van der Waals surface area contributed by atoms with Crippen molar-refractivity contribution in [1.29, 1.82) is 0 Å². The maximum Gasteiger partial charge on any atom is 0.252 e. The van der Waals surface area contributed by atoms with Crippen LogP contribution in [0.3, 0.4) is 0 Å². The van der Waals surface area contributed by atoms with Gasteiger partial charge in [0.2, 0.25) is 0 Å². The zero-order valence-electron chi connectivity index (χ0n) is 13.8. The van der Waals surface area contributed by atoms with Gasteiger partial charge in [-0.05, 0) is 44.2 Å². The van der Waals surface area contributed by atoms with Crippen LogP contribution in [-0.4, -0.2) is 23.5 Å². The maximum atomic E-state index is 12.6. The second kappa shape index (κ2) is 9.21. The van der Waals surface area contributed by atoms with Crippen LogP contribution in [0.15, 0.2) is 30.3 Å². The molecular formula is C18H25Cl2N3O. The number of carbonyl (C=O) groups excluding carboxylic acids is 1. The summed E-state index contributed by atoms with van der Waals surface area (Å²) in [7, 11) is 0. The molecule has 0 spiro atoms. The van der Waals surface area contributed by atoms with E-state index in [2.05, 4.69) is 10.3 Å². The van der Waals surface area contributed by atoms with Crippen LogP contribution in [-0.2, 0) is 0 Å². The van der Waals surface area contributed by atoms with Crippen molar-refractivity contribution < 1.29 is 4.79 Å². The molecule has 1 aliphatic rings. The van der Waals surface area contributed by atoms with Gasteiger partial charge in [-0.25, -0.2) is 0 Å². The minimum Gasteiger partial charge on any atom is -0.352 e. The maximum absolute atomic E-state index is 12.6. The summed E-state index contributed by atoms with van der Waals surface area (Å²) < 4.78 is 0. The first-order valence-corrected chi connectivity index (χ1v) is 8.03. The Morgan fingerprint density at radius 2 is 2.04 bits per heavy atom. The number of amides is 1. The molecule has 4 nitrogen and oxygen atoms in total. The minimum atomic E-state index is -0.0131. The summed E-state index contributed by atoms with van der Waals surface area (Å²) in [6, 6.07) is 9.94. The summed E-state index contributed by atoms with van der Waals surface area (Å²) in [5, 5.41) is 3.99. The van der Waals surface area contributed by atoms with E-state index in [1.807, 2.05) is 37.3 Å². The molecule has 1 amide bonds. The highest BCUT2D eigenvalue weighted by Gasteiger charge is 2.20. The molecule has 132 valence electrons. The largest absolute Gasteiger partial charge is 0.352 e. The van der Waals surface area contributed by atoms with Gasteiger partial charge in [0.05, 0.1) is 11.1 Å². The second-order valence-corrected chi connectivity index (χ2v) is 6.33. The Morgan fingerprint density at radius 3 is 2.79 bits per heavy atom. The van der Waals surface area contributed by atoms with Crippen molar-refractivity contribution in [2.45, 2.75) is 38.6 Å². The van der Waals surface area contributed by atoms with Gasteiger partial charge in [0.25, 0.3) is 5.91 Å². The Balaban J connectivity index is 0.00000144. The van der Waals surface area contributed by atoms with Crippen LogP contribution in [0.1, 0.15) is 41.7 Å². The van der Waals surface area contributed by atoms with Gasteiger partial charge in [0.1, 0.15) is 0 Å². The standard InChI is InChI=1S/C18H23N3O.2ClH/c1-12-9-16(15-7-2-3-8-17(15)21-12)18(22)20-11-13-5-4-6-14(19)10-13;;/h2-3,7-9,13-14H,4-6,10-11,19H2,1H3,(H,20,22);2*1H. The van der Waals surface area contributed by atoms with E-state index in [0.29, 0.717) is 24.1 Å². The number of nitrogens with two attached hydrogens (primary N) is 1. The van der Waals surface area contributed by atoms with E-state index in [4.69, 9.17) is 5.73 Å². The first kappa shape index (κ1) is 20.7. The molecule has 2 aromatic rings. The number of rotatable bonds is 3. The van der Waals surface area contributed by atoms with Crippen LogP contribution in [0.4, 0.5) is 0 Å². The summed E-state index contributed by atoms with van der Waals surface area (Å²) in [6.07, 6.45) is 4.44. The van der Waals surface area contributed by atoms with Gasteiger partial charge < -0.3 is 11.1 Å². The SMILES string of the molecule is Cc1cc(C(=O)NCC2CCCC(N)C2)c2ccccc2n1.Cl.Cl. The van der Waals surface area contributed by atoms with E-state index in [1.165, 1.54) is 6.42 Å². The van der Waals surface area contributed by atoms with Crippen LogP contribution in [0, 0.1) is 12.8 Å². The van der Waals surface area contributed by atoms with E-state index in [0.717, 1.165) is 35.9 Å². The van der Waals surface area contributed by atoms with Gasteiger partial charge in [0, 0.05) is 23.7 Å². The van der Waals surface area contributed by atoms with Crippen LogP contribution in [0.25, 0.3) is 10.9 Å². The fraction of sp³-hybridized carbons (Fsp3) is 0.444. The number of benzene rings is 1. The number of hydrogen-bond donors (Lipinski definition) is 2. The number of halogens is 2. The summed E-state index contributed by atoms with van der Waals surface area (Å²) in [5.74, 6) is 0.489. The Hall–Kier alpha value is -1.36. The zero-order chi connectivity index (χ0) is 15.5. The van der Waals surface area contributed by atoms with E-state index in [-0.39, 0.29) is 30.7 Å². The van der Waals surface area contributed by atoms with Crippen LogP contribution in [0.5, 0.6) is 0 Å². The van der Waals surface area contributed by atoms with E-state index < -0.39 is 0 Å². The molecule has 0 radical (unpaired) electrons. The average Bonchev–Trinajstić information content (AvgIpc) is 2.52. The molecule has 3 rings (SSSR count). The normalized spacial score (nSPS) is 19.9. The van der Waals surface area contributed by atoms with Gasteiger partial charge in [-0.1, -0.05) is 24.6 Å². The zero-order valence-corrected chi connectivity index (χ0v) is 15.5. The molecule has 0 aliphatic heterocycles. The van der Waals surface area contributed by atoms with E-state index in [9.17, 15) is 4.79 Å². The predicted octanol–water partition coefficient (Wildman–Crippen LogP) is 3.63. The molecule has 0 saturated heterocycles. The Morgan fingerprint density at radius 1 is 1.29 bits per heavy atom. The van der Waals surface area contributed by atoms with Crippen molar-refractivity contribution in [3.8, 4) is 0 Å². The highest BCUT2D eigenvalue weighted by molar-refractivity contribution is 6.06. The van der Waals surface area contributed by atoms with Gasteiger partial charge in [-0.15, -0.1) is 24.8 Å². The Kier molecular flexibility index (Phi) is 7.94. The number of nitrogens with zero attached hydrogens (tertiary/aromatic N) is 1. The number of hydrogen-bond acceptors (Lipinski definition) is 3. The van der Waals surface area contributed by atoms with Crippen molar-refractivity contribution in [2.75, 3.05) is 6.54 Å². The molecule has 1 saturated carbocycles. The quantitative estimate of drug-likeness (QED) is 0.867. The van der Waals surface area contributed by atoms with Crippen LogP contribution >= 0.6 is 24.8 Å². The van der Waals surface area contributed by atoms with Crippen LogP contribution in [0.2, 0.25) is 0 Å². The molecular weight excluding hydrogens is 345 g/mol. The molecule has 1 heterocycles. The fourth-order valence-electron chi connectivity index (χ4n) is 3.35. The summed E-state index contributed by atoms with van der Waals surface area (Å²) in [5.41, 5.74) is 8.46. The number of aromatic nitrogens is 1. The number of carbonyl (C=O) groups is 1. The molecule has 3 N–H and O–H groups in total. The number of aryl methyl sites for hydroxylation is 1. The highest BCUT2D eigenvalue weighted by Crippen LogP contribution is 2.23. The molecule has 6 heteroatoms. The third-order valence-electron chi connectivity index (χ3n) is 4.46. The van der Waals surface area contributed by atoms with Gasteiger partial charge >= 0.3 is 0 Å². The molecule has 2 atom stereocenters. The third-order valence-corrected chi connectivity index (χ3v) is 4.46. The molecule has 1 fully saturated rings. The lowest BCUT2D eigenvalue weighted by molar-refractivity contribution is 0.0944. The van der Waals surface area contributed by atoms with Crippen molar-refractivity contribution in [3.05, 3.63) is 41.6 Å². The van der Waals surface area contributed by atoms with Crippen molar-refractivity contribution in [1.82, 2.24) is 10.3 Å². The van der Waals surface area contributed by atoms with Crippen molar-refractivity contribution in [3.63, 3.8) is 0 Å². The number of fused-ring (bicyclic) bond motifs is 1. The lowest BCUT2D eigenvalue weighted by atomic mass is 9.86. The Labute approximate surface area is 155 Å². The molecule has 1 aliphatic carbocycles. The summed E-state index contributed by atoms with van der Waals surface area (Å²) >= 11 is 0.